The molecule has 0 amide bonds. The van der Waals surface area contributed by atoms with Crippen LogP contribution >= 0.6 is 11.8 Å². The summed E-state index contributed by atoms with van der Waals surface area (Å²) in [7, 11) is 0. The van der Waals surface area contributed by atoms with Crippen LogP contribution in [0.2, 0.25) is 0 Å². The van der Waals surface area contributed by atoms with E-state index in [1.165, 1.54) is 23.4 Å². The van der Waals surface area contributed by atoms with E-state index in [9.17, 15) is 0 Å². The molecule has 3 heteroatoms. The third-order valence-corrected chi connectivity index (χ3v) is 3.59. The van der Waals surface area contributed by atoms with E-state index in [1.54, 1.807) is 0 Å². The Morgan fingerprint density at radius 1 is 1.31 bits per heavy atom. The van der Waals surface area contributed by atoms with Crippen LogP contribution in [-0.4, -0.2) is 6.54 Å². The summed E-state index contributed by atoms with van der Waals surface area (Å²) in [6, 6.07) is 9.92. The first-order valence-corrected chi connectivity index (χ1v) is 6.43. The van der Waals surface area contributed by atoms with Gasteiger partial charge < -0.3 is 5.32 Å². The van der Waals surface area contributed by atoms with Crippen LogP contribution in [0.4, 0.5) is 0 Å². The van der Waals surface area contributed by atoms with E-state index in [1.807, 2.05) is 36.0 Å². The number of hydrogen-bond acceptors (Lipinski definition) is 3. The van der Waals surface area contributed by atoms with Gasteiger partial charge in [0.15, 0.2) is 0 Å². The number of allylic oxidation sites excluding steroid dienone is 1. The molecule has 1 aromatic carbocycles. The first-order chi connectivity index (χ1) is 7.88. The zero-order chi connectivity index (χ0) is 11.2. The molecule has 0 atom stereocenters. The maximum atomic E-state index is 8.69. The van der Waals surface area contributed by atoms with E-state index in [4.69, 9.17) is 5.26 Å². The number of thioether (sulfide) groups is 1. The molecular weight excluding hydrogens is 216 g/mol. The van der Waals surface area contributed by atoms with Crippen LogP contribution in [0.5, 0.6) is 0 Å². The Balaban J connectivity index is 1.89. The molecule has 16 heavy (non-hydrogen) atoms. The molecule has 1 heterocycles. The van der Waals surface area contributed by atoms with Crippen LogP contribution < -0.4 is 5.32 Å². The fourth-order valence-electron chi connectivity index (χ4n) is 1.57. The molecule has 0 radical (unpaired) electrons. The molecule has 1 aromatic rings. The molecule has 0 saturated carbocycles. The topological polar surface area (TPSA) is 35.8 Å². The van der Waals surface area contributed by atoms with Crippen molar-refractivity contribution < 1.29 is 0 Å². The first kappa shape index (κ1) is 11.1. The molecule has 0 spiro atoms. The SMILES string of the molecule is N#Cc1ccc(CSC2=CCCCN2)cc1. The maximum Gasteiger partial charge on any atom is 0.0991 e. The molecule has 0 aliphatic carbocycles. The molecule has 2 rings (SSSR count). The van der Waals surface area contributed by atoms with E-state index >= 15 is 0 Å². The van der Waals surface area contributed by atoms with Crippen molar-refractivity contribution in [3.63, 3.8) is 0 Å². The highest BCUT2D eigenvalue weighted by molar-refractivity contribution is 8.02. The van der Waals surface area contributed by atoms with Crippen molar-refractivity contribution in [3.8, 4) is 6.07 Å². The van der Waals surface area contributed by atoms with E-state index in [-0.39, 0.29) is 0 Å². The molecule has 1 aliphatic heterocycles. The van der Waals surface area contributed by atoms with Gasteiger partial charge in [-0.3, -0.25) is 0 Å². The average molecular weight is 230 g/mol. The summed E-state index contributed by atoms with van der Waals surface area (Å²) in [5.41, 5.74) is 1.99. The lowest BCUT2D eigenvalue weighted by atomic mass is 10.2. The number of nitrogens with one attached hydrogen (secondary N) is 1. The molecule has 0 fully saturated rings. The van der Waals surface area contributed by atoms with Gasteiger partial charge in [-0.1, -0.05) is 18.2 Å². The quantitative estimate of drug-likeness (QED) is 0.867. The lowest BCUT2D eigenvalue weighted by Gasteiger charge is -2.14. The molecule has 1 N–H and O–H groups in total. The average Bonchev–Trinajstić information content (AvgIpc) is 2.38. The number of nitriles is 1. The van der Waals surface area contributed by atoms with Crippen molar-refractivity contribution in [1.82, 2.24) is 5.32 Å². The third kappa shape index (κ3) is 3.04. The normalized spacial score (nSPS) is 14.8. The minimum Gasteiger partial charge on any atom is -0.380 e. The molecule has 0 aromatic heterocycles. The van der Waals surface area contributed by atoms with Gasteiger partial charge in [0.05, 0.1) is 16.7 Å². The molecule has 0 saturated heterocycles. The lowest BCUT2D eigenvalue weighted by molar-refractivity contribution is 0.718. The van der Waals surface area contributed by atoms with Gasteiger partial charge in [0.1, 0.15) is 0 Å². The minimum atomic E-state index is 0.726. The molecular formula is C13H14N2S. The Bertz CT molecular complexity index is 415. The Kier molecular flexibility index (Phi) is 3.90. The van der Waals surface area contributed by atoms with Crippen LogP contribution in [-0.2, 0) is 5.75 Å². The summed E-state index contributed by atoms with van der Waals surface area (Å²) in [5.74, 6) is 0.963. The van der Waals surface area contributed by atoms with Gasteiger partial charge in [-0.15, -0.1) is 11.8 Å². The van der Waals surface area contributed by atoms with E-state index in [0.717, 1.165) is 17.9 Å². The van der Waals surface area contributed by atoms with Crippen molar-refractivity contribution >= 4 is 11.8 Å². The van der Waals surface area contributed by atoms with E-state index in [0.29, 0.717) is 0 Å². The number of nitrogens with zero attached hydrogens (tertiary/aromatic N) is 1. The third-order valence-electron chi connectivity index (χ3n) is 2.49. The van der Waals surface area contributed by atoms with Crippen LogP contribution in [0.15, 0.2) is 35.4 Å². The van der Waals surface area contributed by atoms with Crippen molar-refractivity contribution in [2.45, 2.75) is 18.6 Å². The summed E-state index contributed by atoms with van der Waals surface area (Å²) < 4.78 is 0. The second-order valence-corrected chi connectivity index (χ2v) is 4.75. The summed E-state index contributed by atoms with van der Waals surface area (Å²) >= 11 is 1.83. The molecule has 1 aliphatic rings. The first-order valence-electron chi connectivity index (χ1n) is 5.44. The Hall–Kier alpha value is -1.40. The smallest absolute Gasteiger partial charge is 0.0991 e. The maximum absolute atomic E-state index is 8.69. The van der Waals surface area contributed by atoms with Gasteiger partial charge in [0.25, 0.3) is 0 Å². The summed E-state index contributed by atoms with van der Waals surface area (Å²) in [5, 5.41) is 13.4. The number of hydrogen-bond donors (Lipinski definition) is 1. The van der Waals surface area contributed by atoms with Gasteiger partial charge in [-0.2, -0.15) is 5.26 Å². The predicted molar refractivity (Wildman–Crippen MR) is 67.8 cm³/mol. The zero-order valence-corrected chi connectivity index (χ0v) is 9.89. The Labute approximate surface area is 100 Å². The highest BCUT2D eigenvalue weighted by Gasteiger charge is 2.03. The molecule has 0 unspecified atom stereocenters. The molecule has 2 nitrogen and oxygen atoms in total. The molecule has 82 valence electrons. The number of benzene rings is 1. The van der Waals surface area contributed by atoms with Crippen LogP contribution in [0.25, 0.3) is 0 Å². The largest absolute Gasteiger partial charge is 0.380 e. The monoisotopic (exact) mass is 230 g/mol. The lowest BCUT2D eigenvalue weighted by Crippen LogP contribution is -2.16. The van der Waals surface area contributed by atoms with Crippen LogP contribution in [0.3, 0.4) is 0 Å². The highest BCUT2D eigenvalue weighted by Crippen LogP contribution is 2.22. The number of rotatable bonds is 3. The van der Waals surface area contributed by atoms with Crippen molar-refractivity contribution in [1.29, 1.82) is 5.26 Å². The summed E-state index contributed by atoms with van der Waals surface area (Å²) in [4.78, 5) is 0. The standard InChI is InChI=1S/C13H14N2S/c14-9-11-4-6-12(7-5-11)10-16-13-3-1-2-8-15-13/h3-7,15H,1-2,8,10H2. The summed E-state index contributed by atoms with van der Waals surface area (Å²) in [6.45, 7) is 1.09. The van der Waals surface area contributed by atoms with E-state index in [2.05, 4.69) is 17.5 Å². The van der Waals surface area contributed by atoms with Crippen molar-refractivity contribution in [2.24, 2.45) is 0 Å². The fraction of sp³-hybridized carbons (Fsp3) is 0.308. The van der Waals surface area contributed by atoms with Crippen molar-refractivity contribution in [2.75, 3.05) is 6.54 Å². The fourth-order valence-corrected chi connectivity index (χ4v) is 2.52. The van der Waals surface area contributed by atoms with Gasteiger partial charge in [-0.05, 0) is 30.5 Å². The minimum absolute atomic E-state index is 0.726. The van der Waals surface area contributed by atoms with Gasteiger partial charge in [-0.25, -0.2) is 0 Å². The second-order valence-electron chi connectivity index (χ2n) is 3.73. The van der Waals surface area contributed by atoms with Crippen LogP contribution in [0, 0.1) is 11.3 Å². The zero-order valence-electron chi connectivity index (χ0n) is 9.07. The van der Waals surface area contributed by atoms with Crippen molar-refractivity contribution in [3.05, 3.63) is 46.5 Å². The van der Waals surface area contributed by atoms with Gasteiger partial charge in [0, 0.05) is 12.3 Å². The highest BCUT2D eigenvalue weighted by atomic mass is 32.2. The van der Waals surface area contributed by atoms with Gasteiger partial charge >= 0.3 is 0 Å². The Morgan fingerprint density at radius 3 is 2.75 bits per heavy atom. The van der Waals surface area contributed by atoms with Crippen LogP contribution in [0.1, 0.15) is 24.0 Å². The Morgan fingerprint density at radius 2 is 2.12 bits per heavy atom. The second kappa shape index (κ2) is 5.62. The van der Waals surface area contributed by atoms with Gasteiger partial charge in [0.2, 0.25) is 0 Å². The predicted octanol–water partition coefficient (Wildman–Crippen LogP) is 3.02. The van der Waals surface area contributed by atoms with E-state index < -0.39 is 0 Å². The summed E-state index contributed by atoms with van der Waals surface area (Å²) in [6.07, 6.45) is 4.68. The molecule has 0 bridgehead atoms.